The number of likely N-dealkylation sites (tertiary alicyclic amines) is 1. The van der Waals surface area contributed by atoms with Crippen molar-refractivity contribution in [3.8, 4) is 0 Å². The Hall–Kier alpha value is -1.10. The number of rotatable bonds is 4. The summed E-state index contributed by atoms with van der Waals surface area (Å²) in [6.07, 6.45) is 5.57. The zero-order chi connectivity index (χ0) is 15.5. The molecule has 2 heterocycles. The van der Waals surface area contributed by atoms with Gasteiger partial charge in [0.2, 0.25) is 11.8 Å². The maximum absolute atomic E-state index is 12.9. The van der Waals surface area contributed by atoms with Crippen LogP contribution in [0.25, 0.3) is 0 Å². The van der Waals surface area contributed by atoms with Crippen molar-refractivity contribution in [2.75, 3.05) is 33.7 Å². The Bertz CT molecular complexity index is 381. The lowest BCUT2D eigenvalue weighted by Crippen LogP contribution is -2.56. The fraction of sp³-hybridized carbons (Fsp3) is 0.875. The van der Waals surface area contributed by atoms with E-state index in [0.29, 0.717) is 0 Å². The molecule has 2 amide bonds. The molecule has 2 rings (SSSR count). The van der Waals surface area contributed by atoms with Gasteiger partial charge in [0, 0.05) is 33.1 Å². The molecular formula is C16H29N3O2. The summed E-state index contributed by atoms with van der Waals surface area (Å²) in [6, 6.07) is 0. The van der Waals surface area contributed by atoms with Crippen LogP contribution in [0.3, 0.4) is 0 Å². The van der Waals surface area contributed by atoms with Gasteiger partial charge in [-0.3, -0.25) is 9.59 Å². The maximum atomic E-state index is 12.9. The summed E-state index contributed by atoms with van der Waals surface area (Å²) >= 11 is 0. The normalized spacial score (nSPS) is 26.9. The van der Waals surface area contributed by atoms with E-state index in [0.717, 1.165) is 58.2 Å². The van der Waals surface area contributed by atoms with Gasteiger partial charge in [-0.05, 0) is 38.6 Å². The lowest BCUT2D eigenvalue weighted by molar-refractivity contribution is -0.143. The monoisotopic (exact) mass is 295 g/mol. The van der Waals surface area contributed by atoms with Gasteiger partial charge >= 0.3 is 0 Å². The first kappa shape index (κ1) is 16.3. The maximum Gasteiger partial charge on any atom is 0.242 e. The minimum atomic E-state index is -0.326. The van der Waals surface area contributed by atoms with E-state index in [9.17, 15) is 9.59 Å². The van der Waals surface area contributed by atoms with Gasteiger partial charge in [0.25, 0.3) is 0 Å². The van der Waals surface area contributed by atoms with Gasteiger partial charge in [-0.2, -0.15) is 0 Å². The summed E-state index contributed by atoms with van der Waals surface area (Å²) in [7, 11) is 3.61. The van der Waals surface area contributed by atoms with E-state index in [1.54, 1.807) is 19.0 Å². The number of carbonyl (C=O) groups excluding carboxylic acids is 2. The van der Waals surface area contributed by atoms with Crippen molar-refractivity contribution >= 4 is 11.8 Å². The highest BCUT2D eigenvalue weighted by Gasteiger charge is 2.43. The van der Waals surface area contributed by atoms with Crippen LogP contribution in [-0.2, 0) is 9.59 Å². The molecule has 0 bridgehead atoms. The summed E-state index contributed by atoms with van der Waals surface area (Å²) in [6.45, 7) is 4.52. The van der Waals surface area contributed by atoms with Crippen LogP contribution >= 0.6 is 0 Å². The molecule has 0 aromatic rings. The molecule has 5 nitrogen and oxygen atoms in total. The summed E-state index contributed by atoms with van der Waals surface area (Å²) < 4.78 is 0. The topological polar surface area (TPSA) is 52.7 Å². The van der Waals surface area contributed by atoms with Gasteiger partial charge < -0.3 is 15.1 Å². The first-order valence-electron chi connectivity index (χ1n) is 8.26. The van der Waals surface area contributed by atoms with Crippen molar-refractivity contribution in [3.63, 3.8) is 0 Å². The first-order chi connectivity index (χ1) is 10.00. The number of hydrogen-bond donors (Lipinski definition) is 1. The quantitative estimate of drug-likeness (QED) is 0.849. The average Bonchev–Trinajstić information content (AvgIpc) is 2.96. The number of carbonyl (C=O) groups is 2. The average molecular weight is 295 g/mol. The van der Waals surface area contributed by atoms with E-state index in [1.807, 2.05) is 4.90 Å². The minimum Gasteiger partial charge on any atom is -0.349 e. The number of amides is 2. The van der Waals surface area contributed by atoms with E-state index < -0.39 is 0 Å². The molecule has 1 atom stereocenters. The molecule has 0 aromatic heterocycles. The van der Waals surface area contributed by atoms with E-state index >= 15 is 0 Å². The molecule has 5 heteroatoms. The van der Waals surface area contributed by atoms with Crippen LogP contribution in [0.2, 0.25) is 0 Å². The molecule has 2 fully saturated rings. The van der Waals surface area contributed by atoms with E-state index in [4.69, 9.17) is 0 Å². The Morgan fingerprint density at radius 3 is 2.43 bits per heavy atom. The number of piperidine rings is 1. The predicted octanol–water partition coefficient (Wildman–Crippen LogP) is 1.24. The van der Waals surface area contributed by atoms with Crippen LogP contribution in [0.15, 0.2) is 0 Å². The molecule has 1 N–H and O–H groups in total. The SMILES string of the molecule is CCCC1(C(=O)N2CCC(C(=O)N(C)C)CC2)CCCN1. The van der Waals surface area contributed by atoms with Crippen molar-refractivity contribution < 1.29 is 9.59 Å². The standard InChI is InChI=1S/C16H29N3O2/c1-4-8-16(9-5-10-17-16)15(21)19-11-6-13(7-12-19)14(20)18(2)3/h13,17H,4-12H2,1-3H3. The molecule has 21 heavy (non-hydrogen) atoms. The Balaban J connectivity index is 1.95. The number of hydrogen-bond acceptors (Lipinski definition) is 3. The fourth-order valence-electron chi connectivity index (χ4n) is 3.73. The van der Waals surface area contributed by atoms with Crippen molar-refractivity contribution in [2.45, 2.75) is 51.0 Å². The molecule has 0 aromatic carbocycles. The molecule has 2 saturated heterocycles. The lowest BCUT2D eigenvalue weighted by atomic mass is 9.88. The molecule has 2 aliphatic heterocycles. The highest BCUT2D eigenvalue weighted by atomic mass is 16.2. The summed E-state index contributed by atoms with van der Waals surface area (Å²) in [5.74, 6) is 0.546. The van der Waals surface area contributed by atoms with E-state index in [1.165, 1.54) is 0 Å². The van der Waals surface area contributed by atoms with Crippen LogP contribution in [0.4, 0.5) is 0 Å². The van der Waals surface area contributed by atoms with Crippen LogP contribution in [0.1, 0.15) is 45.4 Å². The molecule has 1 unspecified atom stereocenters. The van der Waals surface area contributed by atoms with Crippen LogP contribution < -0.4 is 5.32 Å². The molecule has 0 spiro atoms. The molecule has 2 aliphatic rings. The van der Waals surface area contributed by atoms with E-state index in [2.05, 4.69) is 12.2 Å². The fourth-order valence-corrected chi connectivity index (χ4v) is 3.73. The zero-order valence-corrected chi connectivity index (χ0v) is 13.7. The van der Waals surface area contributed by atoms with Gasteiger partial charge in [0.1, 0.15) is 0 Å². The smallest absolute Gasteiger partial charge is 0.242 e. The lowest BCUT2D eigenvalue weighted by Gasteiger charge is -2.38. The number of nitrogens with one attached hydrogen (secondary N) is 1. The summed E-state index contributed by atoms with van der Waals surface area (Å²) in [5.41, 5.74) is -0.326. The van der Waals surface area contributed by atoms with Crippen molar-refractivity contribution in [1.29, 1.82) is 0 Å². The second-order valence-electron chi connectivity index (χ2n) is 6.66. The molecule has 120 valence electrons. The third-order valence-electron chi connectivity index (χ3n) is 4.90. The Labute approximate surface area is 128 Å². The van der Waals surface area contributed by atoms with Gasteiger partial charge in [-0.15, -0.1) is 0 Å². The first-order valence-corrected chi connectivity index (χ1v) is 8.26. The zero-order valence-electron chi connectivity index (χ0n) is 13.7. The molecular weight excluding hydrogens is 266 g/mol. The van der Waals surface area contributed by atoms with E-state index in [-0.39, 0.29) is 23.3 Å². The minimum absolute atomic E-state index is 0.0858. The van der Waals surface area contributed by atoms with Crippen molar-refractivity contribution in [2.24, 2.45) is 5.92 Å². The van der Waals surface area contributed by atoms with Crippen molar-refractivity contribution in [3.05, 3.63) is 0 Å². The largest absolute Gasteiger partial charge is 0.349 e. The second kappa shape index (κ2) is 6.77. The second-order valence-corrected chi connectivity index (χ2v) is 6.66. The highest BCUT2D eigenvalue weighted by Crippen LogP contribution is 2.29. The molecule has 0 saturated carbocycles. The summed E-state index contributed by atoms with van der Waals surface area (Å²) in [5, 5.41) is 3.45. The predicted molar refractivity (Wildman–Crippen MR) is 82.9 cm³/mol. The number of nitrogens with zero attached hydrogens (tertiary/aromatic N) is 2. The van der Waals surface area contributed by atoms with Crippen LogP contribution in [0, 0.1) is 5.92 Å². The molecule has 0 aliphatic carbocycles. The Morgan fingerprint density at radius 1 is 1.29 bits per heavy atom. The van der Waals surface area contributed by atoms with Crippen LogP contribution in [-0.4, -0.2) is 60.9 Å². The Kier molecular flexibility index (Phi) is 5.25. The van der Waals surface area contributed by atoms with Gasteiger partial charge in [-0.25, -0.2) is 0 Å². The van der Waals surface area contributed by atoms with Gasteiger partial charge in [0.15, 0.2) is 0 Å². The van der Waals surface area contributed by atoms with Gasteiger partial charge in [0.05, 0.1) is 5.54 Å². The highest BCUT2D eigenvalue weighted by molar-refractivity contribution is 5.87. The summed E-state index contributed by atoms with van der Waals surface area (Å²) in [4.78, 5) is 28.5. The van der Waals surface area contributed by atoms with Crippen molar-refractivity contribution in [1.82, 2.24) is 15.1 Å². The van der Waals surface area contributed by atoms with Crippen LogP contribution in [0.5, 0.6) is 0 Å². The Morgan fingerprint density at radius 2 is 1.95 bits per heavy atom. The third-order valence-corrected chi connectivity index (χ3v) is 4.90. The third kappa shape index (κ3) is 3.39. The molecule has 0 radical (unpaired) electrons. The van der Waals surface area contributed by atoms with Gasteiger partial charge in [-0.1, -0.05) is 13.3 Å².